The molecule has 1 heterocycles. The van der Waals surface area contributed by atoms with Crippen LogP contribution in [-0.2, 0) is 24.4 Å². The monoisotopic (exact) mass is 505 g/mol. The first kappa shape index (κ1) is 28.3. The second-order valence-electron chi connectivity index (χ2n) is 9.79. The largest absolute Gasteiger partial charge is 0.450 e. The highest BCUT2D eigenvalue weighted by atomic mass is 32.2. The maximum Gasteiger partial charge on any atom is 0.407 e. The molecule has 0 aromatic heterocycles. The van der Waals surface area contributed by atoms with Crippen LogP contribution in [0.4, 0.5) is 4.79 Å². The van der Waals surface area contributed by atoms with Crippen molar-refractivity contribution >= 4 is 28.0 Å². The van der Waals surface area contributed by atoms with Gasteiger partial charge in [-0.3, -0.25) is 14.1 Å². The molecule has 2 fully saturated rings. The Morgan fingerprint density at radius 2 is 1.82 bits per heavy atom. The smallest absolute Gasteiger partial charge is 0.407 e. The molecule has 0 spiro atoms. The molecule has 5 N–H and O–H groups in total. The molecule has 2 rings (SSSR count). The van der Waals surface area contributed by atoms with E-state index in [4.69, 9.17) is 4.74 Å². The molecule has 0 bridgehead atoms. The lowest BCUT2D eigenvalue weighted by Crippen LogP contribution is -2.55. The molecule has 196 valence electrons. The summed E-state index contributed by atoms with van der Waals surface area (Å²) >= 11 is 0. The molecule has 0 aromatic rings. The van der Waals surface area contributed by atoms with Gasteiger partial charge >= 0.3 is 6.09 Å². The molecule has 0 aromatic carbocycles. The van der Waals surface area contributed by atoms with Gasteiger partial charge in [-0.15, -0.1) is 0 Å². The number of carbonyl (C=O) groups excluding carboxylic acids is 3. The molecule has 1 aliphatic heterocycles. The molecule has 0 radical (unpaired) electrons. The van der Waals surface area contributed by atoms with Crippen LogP contribution in [0.25, 0.3) is 0 Å². The van der Waals surface area contributed by atoms with E-state index in [-0.39, 0.29) is 31.3 Å². The van der Waals surface area contributed by atoms with Crippen molar-refractivity contribution in [3.8, 4) is 0 Å². The Morgan fingerprint density at radius 3 is 2.38 bits per heavy atom. The van der Waals surface area contributed by atoms with Crippen LogP contribution >= 0.6 is 0 Å². The molecule has 3 amide bonds. The van der Waals surface area contributed by atoms with Gasteiger partial charge in [0.05, 0.1) is 12.6 Å². The van der Waals surface area contributed by atoms with Gasteiger partial charge in [-0.1, -0.05) is 46.0 Å². The molecule has 1 saturated heterocycles. The minimum absolute atomic E-state index is 0.00356. The van der Waals surface area contributed by atoms with Crippen molar-refractivity contribution in [2.45, 2.75) is 89.2 Å². The molecule has 12 heteroatoms. The third kappa shape index (κ3) is 9.38. The highest BCUT2D eigenvalue weighted by Gasteiger charge is 2.37. The van der Waals surface area contributed by atoms with Gasteiger partial charge in [-0.2, -0.15) is 8.42 Å². The zero-order valence-corrected chi connectivity index (χ0v) is 20.8. The number of carbonyl (C=O) groups is 3. The Labute approximate surface area is 201 Å². The molecule has 34 heavy (non-hydrogen) atoms. The van der Waals surface area contributed by atoms with E-state index < -0.39 is 45.6 Å². The first-order valence-electron chi connectivity index (χ1n) is 12.1. The maximum atomic E-state index is 13.0. The van der Waals surface area contributed by atoms with Crippen LogP contribution in [0.2, 0.25) is 0 Å². The first-order valence-corrected chi connectivity index (χ1v) is 13.6. The van der Waals surface area contributed by atoms with Gasteiger partial charge in [0.1, 0.15) is 6.04 Å². The number of amides is 3. The topological polar surface area (TPSA) is 171 Å². The van der Waals surface area contributed by atoms with Crippen LogP contribution in [0.5, 0.6) is 0 Å². The number of aliphatic hydroxyl groups is 1. The van der Waals surface area contributed by atoms with Gasteiger partial charge in [0.25, 0.3) is 10.1 Å². The Bertz CT molecular complexity index is 798. The number of hydrogen-bond donors (Lipinski definition) is 5. The highest BCUT2D eigenvalue weighted by molar-refractivity contribution is 7.86. The summed E-state index contributed by atoms with van der Waals surface area (Å²) < 4.78 is 37.7. The summed E-state index contributed by atoms with van der Waals surface area (Å²) in [5.41, 5.74) is -2.31. The van der Waals surface area contributed by atoms with Crippen molar-refractivity contribution in [1.82, 2.24) is 16.0 Å². The third-order valence-electron chi connectivity index (χ3n) is 6.48. The van der Waals surface area contributed by atoms with E-state index in [0.29, 0.717) is 18.9 Å². The minimum Gasteiger partial charge on any atom is -0.450 e. The van der Waals surface area contributed by atoms with Crippen molar-refractivity contribution in [2.24, 2.45) is 17.8 Å². The molecule has 11 nitrogen and oxygen atoms in total. The number of rotatable bonds is 12. The number of aliphatic hydroxyl groups excluding tert-OH is 1. The Morgan fingerprint density at radius 1 is 1.15 bits per heavy atom. The van der Waals surface area contributed by atoms with Crippen LogP contribution in [-0.4, -0.2) is 66.7 Å². The van der Waals surface area contributed by atoms with Crippen molar-refractivity contribution in [1.29, 1.82) is 0 Å². The molecular formula is C22H39N3O8S. The molecular weight excluding hydrogens is 466 g/mol. The zero-order valence-electron chi connectivity index (χ0n) is 20.0. The molecule has 2 aliphatic rings. The highest BCUT2D eigenvalue weighted by Crippen LogP contribution is 2.26. The quantitative estimate of drug-likeness (QED) is 0.247. The van der Waals surface area contributed by atoms with Gasteiger partial charge < -0.3 is 25.8 Å². The van der Waals surface area contributed by atoms with E-state index in [2.05, 4.69) is 16.0 Å². The lowest BCUT2D eigenvalue weighted by molar-refractivity contribution is -0.126. The average molecular weight is 506 g/mol. The summed E-state index contributed by atoms with van der Waals surface area (Å²) in [6.07, 6.45) is 6.34. The lowest BCUT2D eigenvalue weighted by atomic mass is 9.87. The van der Waals surface area contributed by atoms with Gasteiger partial charge in [0.15, 0.2) is 0 Å². The first-order chi connectivity index (χ1) is 16.0. The van der Waals surface area contributed by atoms with Crippen LogP contribution in [0, 0.1) is 17.8 Å². The van der Waals surface area contributed by atoms with E-state index in [9.17, 15) is 32.5 Å². The summed E-state index contributed by atoms with van der Waals surface area (Å²) in [5, 5.41) is 17.7. The summed E-state index contributed by atoms with van der Waals surface area (Å²) in [6.45, 7) is 4.34. The molecule has 1 aliphatic carbocycles. The minimum atomic E-state index is -4.90. The van der Waals surface area contributed by atoms with E-state index in [1.807, 2.05) is 13.8 Å². The zero-order chi connectivity index (χ0) is 25.3. The Hall–Kier alpha value is -1.92. The second kappa shape index (κ2) is 13.2. The average Bonchev–Trinajstić information content (AvgIpc) is 3.16. The predicted molar refractivity (Wildman–Crippen MR) is 124 cm³/mol. The third-order valence-corrected chi connectivity index (χ3v) is 7.42. The summed E-state index contributed by atoms with van der Waals surface area (Å²) in [4.78, 5) is 37.2. The van der Waals surface area contributed by atoms with Crippen LogP contribution < -0.4 is 16.0 Å². The standard InChI is InChI=1S/C22H39N3O8S/c1-14(2)12-17(25-22(29)33-11-9-15-6-4-3-5-7-15)20(27)24-18(21(28)34(30,31)32)13-16-8-10-23-19(16)26/h14-18,21,28H,3-13H2,1-2H3,(H,23,26)(H,24,27)(H,25,29)(H,30,31,32)/t16?,17-,18-,21?/m0/s1. The van der Waals surface area contributed by atoms with E-state index in [1.54, 1.807) is 0 Å². The summed E-state index contributed by atoms with van der Waals surface area (Å²) in [6, 6.07) is -2.48. The van der Waals surface area contributed by atoms with E-state index >= 15 is 0 Å². The van der Waals surface area contributed by atoms with Crippen molar-refractivity contribution in [2.75, 3.05) is 13.2 Å². The van der Waals surface area contributed by atoms with E-state index in [0.717, 1.165) is 19.3 Å². The van der Waals surface area contributed by atoms with Gasteiger partial charge in [0.2, 0.25) is 17.3 Å². The normalized spacial score (nSPS) is 22.0. The summed E-state index contributed by atoms with van der Waals surface area (Å²) in [7, 11) is -4.90. The van der Waals surface area contributed by atoms with Gasteiger partial charge in [-0.25, -0.2) is 4.79 Å². The fourth-order valence-corrected chi connectivity index (χ4v) is 5.19. The van der Waals surface area contributed by atoms with Gasteiger partial charge in [0, 0.05) is 12.5 Å². The maximum absolute atomic E-state index is 13.0. The summed E-state index contributed by atoms with van der Waals surface area (Å²) in [5.74, 6) is -1.14. The van der Waals surface area contributed by atoms with Gasteiger partial charge in [-0.05, 0) is 37.5 Å². The molecule has 2 unspecified atom stereocenters. The fraction of sp³-hybridized carbons (Fsp3) is 0.864. The predicted octanol–water partition coefficient (Wildman–Crippen LogP) is 1.31. The van der Waals surface area contributed by atoms with Crippen molar-refractivity contribution in [3.05, 3.63) is 0 Å². The number of alkyl carbamates (subject to hydrolysis) is 1. The van der Waals surface area contributed by atoms with Crippen LogP contribution in [0.3, 0.4) is 0 Å². The Kier molecular flexibility index (Phi) is 11.0. The van der Waals surface area contributed by atoms with Crippen molar-refractivity contribution in [3.63, 3.8) is 0 Å². The van der Waals surface area contributed by atoms with Crippen molar-refractivity contribution < 1.29 is 37.2 Å². The molecule has 4 atom stereocenters. The number of ether oxygens (including phenoxy) is 1. The van der Waals surface area contributed by atoms with Crippen LogP contribution in [0.1, 0.15) is 71.6 Å². The van der Waals surface area contributed by atoms with Crippen LogP contribution in [0.15, 0.2) is 0 Å². The molecule has 1 saturated carbocycles. The second-order valence-corrected chi connectivity index (χ2v) is 11.3. The fourth-order valence-electron chi connectivity index (χ4n) is 4.59. The lowest BCUT2D eigenvalue weighted by Gasteiger charge is -2.27. The number of hydrogen-bond acceptors (Lipinski definition) is 7. The SMILES string of the molecule is CC(C)C[C@H](NC(=O)OCCC1CCCCC1)C(=O)N[C@@H](CC1CCNC1=O)C(O)S(=O)(=O)O. The van der Waals surface area contributed by atoms with E-state index in [1.165, 1.54) is 19.3 Å². The number of nitrogens with one attached hydrogen (secondary N) is 3. The Balaban J connectivity index is 1.98.